The molecular formula is C24H23N. The standard InChI is InChI=1S/C24H23N/c1-25-24-9-5-8-22(21-15-16-21)23(24)17-12-18-10-13-20(14-11-18)19-6-3-2-4-7-19/h2-14,17,21,25H,15-16H2,1H3/b17-12+. The van der Waals surface area contributed by atoms with Gasteiger partial charge in [0.25, 0.3) is 0 Å². The van der Waals surface area contributed by atoms with Crippen molar-refractivity contribution < 1.29 is 0 Å². The fraction of sp³-hybridized carbons (Fsp3) is 0.167. The fourth-order valence-corrected chi connectivity index (χ4v) is 3.33. The lowest BCUT2D eigenvalue weighted by Gasteiger charge is -2.11. The summed E-state index contributed by atoms with van der Waals surface area (Å²) in [5, 5.41) is 3.33. The Balaban J connectivity index is 1.60. The van der Waals surface area contributed by atoms with Gasteiger partial charge < -0.3 is 5.32 Å². The predicted molar refractivity (Wildman–Crippen MR) is 109 cm³/mol. The monoisotopic (exact) mass is 325 g/mol. The first-order valence-corrected chi connectivity index (χ1v) is 8.99. The van der Waals surface area contributed by atoms with Crippen molar-refractivity contribution in [1.29, 1.82) is 0 Å². The SMILES string of the molecule is CNc1cccc(C2CC2)c1/C=C/c1ccc(-c2ccccc2)cc1. The third-order valence-electron chi connectivity index (χ3n) is 4.89. The van der Waals surface area contributed by atoms with Crippen molar-refractivity contribution in [3.8, 4) is 11.1 Å². The van der Waals surface area contributed by atoms with E-state index in [4.69, 9.17) is 0 Å². The second-order valence-electron chi connectivity index (χ2n) is 6.65. The molecule has 124 valence electrons. The van der Waals surface area contributed by atoms with Crippen molar-refractivity contribution in [2.75, 3.05) is 12.4 Å². The molecule has 0 unspecified atom stereocenters. The zero-order valence-electron chi connectivity index (χ0n) is 14.6. The van der Waals surface area contributed by atoms with E-state index >= 15 is 0 Å². The minimum absolute atomic E-state index is 0.744. The Labute approximate surface area is 150 Å². The Bertz CT molecular complexity index is 872. The molecule has 1 aliphatic rings. The average Bonchev–Trinajstić information content (AvgIpc) is 3.52. The van der Waals surface area contributed by atoms with Gasteiger partial charge in [-0.05, 0) is 47.1 Å². The molecule has 0 radical (unpaired) electrons. The lowest BCUT2D eigenvalue weighted by atomic mass is 9.99. The molecule has 1 N–H and O–H groups in total. The first kappa shape index (κ1) is 15.7. The molecule has 3 aromatic rings. The molecule has 0 amide bonds. The van der Waals surface area contributed by atoms with E-state index < -0.39 is 0 Å². The highest BCUT2D eigenvalue weighted by Crippen LogP contribution is 2.43. The summed E-state index contributed by atoms with van der Waals surface area (Å²) in [6, 6.07) is 25.9. The highest BCUT2D eigenvalue weighted by Gasteiger charge is 2.26. The molecule has 3 aromatic carbocycles. The van der Waals surface area contributed by atoms with Crippen molar-refractivity contribution in [3.63, 3.8) is 0 Å². The van der Waals surface area contributed by atoms with Gasteiger partial charge in [-0.15, -0.1) is 0 Å². The topological polar surface area (TPSA) is 12.0 Å². The van der Waals surface area contributed by atoms with Crippen molar-refractivity contribution in [2.45, 2.75) is 18.8 Å². The Morgan fingerprint density at radius 3 is 2.16 bits per heavy atom. The van der Waals surface area contributed by atoms with Crippen LogP contribution in [0.1, 0.15) is 35.4 Å². The van der Waals surface area contributed by atoms with E-state index in [-0.39, 0.29) is 0 Å². The van der Waals surface area contributed by atoms with Gasteiger partial charge >= 0.3 is 0 Å². The van der Waals surface area contributed by atoms with Crippen LogP contribution in [0.5, 0.6) is 0 Å². The Hall–Kier alpha value is -2.80. The van der Waals surface area contributed by atoms with E-state index in [1.165, 1.54) is 46.3 Å². The molecule has 1 aliphatic carbocycles. The summed E-state index contributed by atoms with van der Waals surface area (Å²) >= 11 is 0. The molecule has 0 aliphatic heterocycles. The van der Waals surface area contributed by atoms with Gasteiger partial charge in [0, 0.05) is 18.3 Å². The number of benzene rings is 3. The Morgan fingerprint density at radius 2 is 1.48 bits per heavy atom. The number of rotatable bonds is 5. The van der Waals surface area contributed by atoms with Crippen molar-refractivity contribution >= 4 is 17.8 Å². The van der Waals surface area contributed by atoms with Crippen LogP contribution in [-0.2, 0) is 0 Å². The zero-order chi connectivity index (χ0) is 17.1. The largest absolute Gasteiger partial charge is 0.388 e. The summed E-state index contributed by atoms with van der Waals surface area (Å²) in [4.78, 5) is 0. The number of anilines is 1. The van der Waals surface area contributed by atoms with Gasteiger partial charge in [0.2, 0.25) is 0 Å². The van der Waals surface area contributed by atoms with Gasteiger partial charge in [0.05, 0.1) is 0 Å². The zero-order valence-corrected chi connectivity index (χ0v) is 14.6. The van der Waals surface area contributed by atoms with E-state index in [1.54, 1.807) is 0 Å². The lowest BCUT2D eigenvalue weighted by molar-refractivity contribution is 1.12. The number of nitrogens with one attached hydrogen (secondary N) is 1. The van der Waals surface area contributed by atoms with Gasteiger partial charge in [-0.1, -0.05) is 78.9 Å². The van der Waals surface area contributed by atoms with Crippen LogP contribution in [-0.4, -0.2) is 7.05 Å². The Morgan fingerprint density at radius 1 is 0.760 bits per heavy atom. The summed E-state index contributed by atoms with van der Waals surface area (Å²) < 4.78 is 0. The van der Waals surface area contributed by atoms with Gasteiger partial charge in [-0.3, -0.25) is 0 Å². The van der Waals surface area contributed by atoms with Crippen LogP contribution in [0.2, 0.25) is 0 Å². The van der Waals surface area contributed by atoms with Crippen LogP contribution in [0, 0.1) is 0 Å². The highest BCUT2D eigenvalue weighted by molar-refractivity contribution is 5.79. The second-order valence-corrected chi connectivity index (χ2v) is 6.65. The second kappa shape index (κ2) is 6.98. The molecule has 0 atom stereocenters. The summed E-state index contributed by atoms with van der Waals surface area (Å²) in [5.41, 5.74) is 7.76. The molecule has 0 bridgehead atoms. The van der Waals surface area contributed by atoms with Crippen LogP contribution in [0.3, 0.4) is 0 Å². The Kier molecular flexibility index (Phi) is 4.39. The molecule has 1 fully saturated rings. The normalized spacial score (nSPS) is 14.0. The molecule has 0 aromatic heterocycles. The van der Waals surface area contributed by atoms with Gasteiger partial charge in [-0.2, -0.15) is 0 Å². The first-order valence-electron chi connectivity index (χ1n) is 8.99. The van der Waals surface area contributed by atoms with Crippen LogP contribution >= 0.6 is 0 Å². The summed E-state index contributed by atoms with van der Waals surface area (Å²) in [7, 11) is 2.00. The quantitative estimate of drug-likeness (QED) is 0.532. The van der Waals surface area contributed by atoms with E-state index in [0.29, 0.717) is 0 Å². The molecular weight excluding hydrogens is 302 g/mol. The fourth-order valence-electron chi connectivity index (χ4n) is 3.33. The van der Waals surface area contributed by atoms with Crippen LogP contribution in [0.25, 0.3) is 23.3 Å². The molecule has 0 saturated heterocycles. The molecule has 4 rings (SSSR count). The smallest absolute Gasteiger partial charge is 0.0414 e. The highest BCUT2D eigenvalue weighted by atomic mass is 14.8. The van der Waals surface area contributed by atoms with Crippen molar-refractivity contribution in [3.05, 3.63) is 89.5 Å². The third kappa shape index (κ3) is 3.51. The van der Waals surface area contributed by atoms with E-state index in [9.17, 15) is 0 Å². The first-order chi connectivity index (χ1) is 12.3. The van der Waals surface area contributed by atoms with Gasteiger partial charge in [0.15, 0.2) is 0 Å². The van der Waals surface area contributed by atoms with E-state index in [1.807, 2.05) is 7.05 Å². The van der Waals surface area contributed by atoms with Gasteiger partial charge in [0.1, 0.15) is 0 Å². The molecule has 0 spiro atoms. The number of hydrogen-bond donors (Lipinski definition) is 1. The molecule has 0 heterocycles. The molecule has 1 nitrogen and oxygen atoms in total. The predicted octanol–water partition coefficient (Wildman–Crippen LogP) is 6.44. The lowest BCUT2D eigenvalue weighted by Crippen LogP contribution is -1.95. The molecule has 25 heavy (non-hydrogen) atoms. The summed E-state index contributed by atoms with van der Waals surface area (Å²) in [6.45, 7) is 0. The maximum absolute atomic E-state index is 3.33. The molecule has 1 saturated carbocycles. The maximum atomic E-state index is 3.33. The summed E-state index contributed by atoms with van der Waals surface area (Å²) in [5.74, 6) is 0.744. The maximum Gasteiger partial charge on any atom is 0.0414 e. The van der Waals surface area contributed by atoms with Crippen molar-refractivity contribution in [2.24, 2.45) is 0 Å². The minimum Gasteiger partial charge on any atom is -0.388 e. The third-order valence-corrected chi connectivity index (χ3v) is 4.89. The van der Waals surface area contributed by atoms with E-state index in [2.05, 4.69) is 90.3 Å². The minimum atomic E-state index is 0.744. The molecule has 1 heteroatoms. The van der Waals surface area contributed by atoms with E-state index in [0.717, 1.165) is 5.92 Å². The van der Waals surface area contributed by atoms with Crippen LogP contribution in [0.4, 0.5) is 5.69 Å². The number of hydrogen-bond acceptors (Lipinski definition) is 1. The van der Waals surface area contributed by atoms with Crippen molar-refractivity contribution in [1.82, 2.24) is 0 Å². The van der Waals surface area contributed by atoms with Crippen LogP contribution in [0.15, 0.2) is 72.8 Å². The van der Waals surface area contributed by atoms with Crippen LogP contribution < -0.4 is 5.32 Å². The van der Waals surface area contributed by atoms with Gasteiger partial charge in [-0.25, -0.2) is 0 Å². The summed E-state index contributed by atoms with van der Waals surface area (Å²) in [6.07, 6.45) is 7.12. The average molecular weight is 325 g/mol.